The molecular weight excluding hydrogens is 390 g/mol. The minimum Gasteiger partial charge on any atom is -0.461 e. The van der Waals surface area contributed by atoms with E-state index in [0.29, 0.717) is 4.88 Å². The van der Waals surface area contributed by atoms with Crippen molar-refractivity contribution in [2.45, 2.75) is 6.92 Å². The van der Waals surface area contributed by atoms with Crippen LogP contribution in [0.5, 0.6) is 0 Å². The molecule has 2 aromatic carbocycles. The van der Waals surface area contributed by atoms with E-state index in [2.05, 4.69) is 10.5 Å². The van der Waals surface area contributed by atoms with Crippen molar-refractivity contribution >= 4 is 40.3 Å². The normalized spacial score (nSPS) is 11.1. The molecule has 0 aliphatic heterocycles. The number of nitrogens with two attached hydrogens (primary N) is 1. The molecule has 3 N–H and O–H groups in total. The number of rotatable bonds is 6. The third kappa shape index (κ3) is 4.62. The van der Waals surface area contributed by atoms with E-state index in [1.54, 1.807) is 6.92 Å². The van der Waals surface area contributed by atoms with Gasteiger partial charge in [0.2, 0.25) is 0 Å². The van der Waals surface area contributed by atoms with Crippen molar-refractivity contribution in [1.82, 2.24) is 5.43 Å². The summed E-state index contributed by atoms with van der Waals surface area (Å²) in [5.41, 5.74) is 11.2. The molecule has 0 unspecified atom stereocenters. The van der Waals surface area contributed by atoms with Crippen molar-refractivity contribution in [2.24, 2.45) is 10.8 Å². The topological polar surface area (TPSA) is 76.7 Å². The van der Waals surface area contributed by atoms with Gasteiger partial charge in [0.25, 0.3) is 0 Å². The lowest BCUT2D eigenvalue weighted by Crippen LogP contribution is -2.28. The van der Waals surface area contributed by atoms with E-state index < -0.39 is 5.97 Å². The fourth-order valence-electron chi connectivity index (χ4n) is 2.66. The average molecular weight is 410 g/mol. The van der Waals surface area contributed by atoms with Gasteiger partial charge in [0.1, 0.15) is 0 Å². The first-order valence-electron chi connectivity index (χ1n) is 8.65. The van der Waals surface area contributed by atoms with Crippen LogP contribution in [0.3, 0.4) is 0 Å². The molecule has 0 aliphatic rings. The number of esters is 1. The molecule has 3 rings (SSSR count). The maximum absolute atomic E-state index is 12.5. The fraction of sp³-hybridized carbons (Fsp3) is 0.0952. The summed E-state index contributed by atoms with van der Waals surface area (Å²) in [6, 6.07) is 22.0. The molecule has 5 nitrogen and oxygen atoms in total. The lowest BCUT2D eigenvalue weighted by molar-refractivity contribution is -0.134. The molecular formula is C21H19N3O2S2. The standard InChI is InChI=1S/C21H19N3O2S2/c1-2-26-20(25)18(23-24-21(22)27)17-13-16(14-9-5-3-6-10-14)19(28-17)15-11-7-4-8-12-15/h3-13H,2H2,1H3,(H3,22,24,27)/b23-18-. The van der Waals surface area contributed by atoms with E-state index in [4.69, 9.17) is 22.7 Å². The van der Waals surface area contributed by atoms with Gasteiger partial charge >= 0.3 is 5.97 Å². The zero-order valence-electron chi connectivity index (χ0n) is 15.2. The molecule has 0 amide bonds. The minimum atomic E-state index is -0.535. The predicted molar refractivity (Wildman–Crippen MR) is 118 cm³/mol. The van der Waals surface area contributed by atoms with Crippen LogP contribution in [0.25, 0.3) is 21.6 Å². The number of hydrogen-bond acceptors (Lipinski definition) is 5. The van der Waals surface area contributed by atoms with E-state index >= 15 is 0 Å². The van der Waals surface area contributed by atoms with Crippen LogP contribution in [0.1, 0.15) is 11.8 Å². The summed E-state index contributed by atoms with van der Waals surface area (Å²) in [7, 11) is 0. The molecule has 0 saturated heterocycles. The second-order valence-electron chi connectivity index (χ2n) is 5.74. The largest absolute Gasteiger partial charge is 0.461 e. The Balaban J connectivity index is 2.15. The molecule has 7 heteroatoms. The molecule has 0 radical (unpaired) electrons. The second kappa shape index (κ2) is 9.25. The first-order valence-corrected chi connectivity index (χ1v) is 9.88. The summed E-state index contributed by atoms with van der Waals surface area (Å²) < 4.78 is 5.16. The van der Waals surface area contributed by atoms with E-state index in [1.807, 2.05) is 66.7 Å². The van der Waals surface area contributed by atoms with E-state index in [1.165, 1.54) is 11.3 Å². The highest BCUT2D eigenvalue weighted by Gasteiger charge is 2.22. The van der Waals surface area contributed by atoms with Gasteiger partial charge in [0.05, 0.1) is 11.5 Å². The van der Waals surface area contributed by atoms with Gasteiger partial charge in [-0.15, -0.1) is 11.3 Å². The highest BCUT2D eigenvalue weighted by atomic mass is 32.1. The summed E-state index contributed by atoms with van der Waals surface area (Å²) in [6.07, 6.45) is 0. The van der Waals surface area contributed by atoms with Crippen LogP contribution in [0.15, 0.2) is 71.8 Å². The highest BCUT2D eigenvalue weighted by Crippen LogP contribution is 2.39. The summed E-state index contributed by atoms with van der Waals surface area (Å²) >= 11 is 6.28. The van der Waals surface area contributed by atoms with Crippen molar-refractivity contribution in [3.63, 3.8) is 0 Å². The van der Waals surface area contributed by atoms with Gasteiger partial charge in [-0.2, -0.15) is 5.10 Å². The van der Waals surface area contributed by atoms with Gasteiger partial charge in [-0.1, -0.05) is 60.7 Å². The number of hydrogen-bond donors (Lipinski definition) is 2. The van der Waals surface area contributed by atoms with Crippen LogP contribution in [0, 0.1) is 0 Å². The number of hydrazone groups is 1. The quantitative estimate of drug-likeness (QED) is 0.276. The third-order valence-corrected chi connectivity index (χ3v) is 5.12. The summed E-state index contributed by atoms with van der Waals surface area (Å²) in [5, 5.41) is 4.07. The van der Waals surface area contributed by atoms with Gasteiger partial charge in [-0.25, -0.2) is 4.79 Å². The van der Waals surface area contributed by atoms with Gasteiger partial charge in [-0.05, 0) is 36.3 Å². The maximum atomic E-state index is 12.5. The molecule has 1 heterocycles. The van der Waals surface area contributed by atoms with Crippen molar-refractivity contribution in [3.05, 3.63) is 71.6 Å². The Morgan fingerprint density at radius 3 is 2.29 bits per heavy atom. The number of carbonyl (C=O) groups excluding carboxylic acids is 1. The molecule has 142 valence electrons. The molecule has 0 atom stereocenters. The van der Waals surface area contributed by atoms with Gasteiger partial charge in [-0.3, -0.25) is 5.43 Å². The van der Waals surface area contributed by atoms with Crippen molar-refractivity contribution in [1.29, 1.82) is 0 Å². The predicted octanol–water partition coefficient (Wildman–Crippen LogP) is 4.18. The number of thiophene rings is 1. The molecule has 0 aliphatic carbocycles. The van der Waals surface area contributed by atoms with Crippen LogP contribution < -0.4 is 11.2 Å². The maximum Gasteiger partial charge on any atom is 0.360 e. The van der Waals surface area contributed by atoms with Gasteiger partial charge in [0, 0.05) is 10.4 Å². The Hall–Kier alpha value is -3.03. The van der Waals surface area contributed by atoms with Crippen LogP contribution in [0.4, 0.5) is 0 Å². The summed E-state index contributed by atoms with van der Waals surface area (Å²) in [5.74, 6) is -0.535. The molecule has 0 fully saturated rings. The Morgan fingerprint density at radius 2 is 1.71 bits per heavy atom. The smallest absolute Gasteiger partial charge is 0.360 e. The highest BCUT2D eigenvalue weighted by molar-refractivity contribution is 7.80. The summed E-state index contributed by atoms with van der Waals surface area (Å²) in [4.78, 5) is 14.2. The van der Waals surface area contributed by atoms with Gasteiger partial charge < -0.3 is 10.5 Å². The SMILES string of the molecule is CCOC(=O)/C(=N\NC(N)=S)c1cc(-c2ccccc2)c(-c2ccccc2)s1. The van der Waals surface area contributed by atoms with E-state index in [9.17, 15) is 4.79 Å². The second-order valence-corrected chi connectivity index (χ2v) is 7.23. The number of nitrogens with zero attached hydrogens (tertiary/aromatic N) is 1. The number of nitrogens with one attached hydrogen (secondary N) is 1. The minimum absolute atomic E-state index is 0.0232. The lowest BCUT2D eigenvalue weighted by atomic mass is 10.0. The number of benzene rings is 2. The van der Waals surface area contributed by atoms with Crippen LogP contribution in [-0.2, 0) is 9.53 Å². The Bertz CT molecular complexity index is 942. The first kappa shape index (κ1) is 19.7. The Kier molecular flexibility index (Phi) is 6.52. The van der Waals surface area contributed by atoms with E-state index in [-0.39, 0.29) is 17.4 Å². The molecule has 0 saturated carbocycles. The van der Waals surface area contributed by atoms with Crippen LogP contribution in [-0.4, -0.2) is 23.4 Å². The van der Waals surface area contributed by atoms with Crippen molar-refractivity contribution < 1.29 is 9.53 Å². The fourth-order valence-corrected chi connectivity index (χ4v) is 3.86. The Morgan fingerprint density at radius 1 is 1.11 bits per heavy atom. The zero-order chi connectivity index (χ0) is 19.9. The van der Waals surface area contributed by atoms with Crippen LogP contribution in [0.2, 0.25) is 0 Å². The molecule has 28 heavy (non-hydrogen) atoms. The molecule has 3 aromatic rings. The summed E-state index contributed by atoms with van der Waals surface area (Å²) in [6.45, 7) is 1.99. The average Bonchev–Trinajstić information content (AvgIpc) is 3.14. The molecule has 0 spiro atoms. The zero-order valence-corrected chi connectivity index (χ0v) is 16.8. The number of thiocarbonyl (C=S) groups is 1. The Labute approximate surface area is 172 Å². The van der Waals surface area contributed by atoms with Crippen molar-refractivity contribution in [2.75, 3.05) is 6.61 Å². The third-order valence-electron chi connectivity index (χ3n) is 3.83. The van der Waals surface area contributed by atoms with Gasteiger partial charge in [0.15, 0.2) is 10.8 Å². The lowest BCUT2D eigenvalue weighted by Gasteiger charge is -2.04. The first-order chi connectivity index (χ1) is 13.6. The monoisotopic (exact) mass is 409 g/mol. The van der Waals surface area contributed by atoms with Crippen molar-refractivity contribution in [3.8, 4) is 21.6 Å². The van der Waals surface area contributed by atoms with Crippen LogP contribution >= 0.6 is 23.6 Å². The number of ether oxygens (including phenoxy) is 1. The van der Waals surface area contributed by atoms with E-state index in [0.717, 1.165) is 21.6 Å². The number of carbonyl (C=O) groups is 1. The molecule has 0 bridgehead atoms. The molecule has 1 aromatic heterocycles.